The van der Waals surface area contributed by atoms with Crippen LogP contribution in [0.2, 0.25) is 0 Å². The van der Waals surface area contributed by atoms with Gasteiger partial charge in [-0.3, -0.25) is 0 Å². The predicted octanol–water partition coefficient (Wildman–Crippen LogP) is 4.37. The Morgan fingerprint density at radius 2 is 2.00 bits per heavy atom. The highest BCUT2D eigenvalue weighted by molar-refractivity contribution is 7.11. The molecule has 160 valence electrons. The molecular weight excluding hydrogens is 398 g/mol. The molecule has 0 unspecified atom stereocenters. The van der Waals surface area contributed by atoms with Crippen LogP contribution in [0.1, 0.15) is 45.4 Å². The minimum atomic E-state index is -0.483. The van der Waals surface area contributed by atoms with Gasteiger partial charge in [0.1, 0.15) is 5.60 Å². The van der Waals surface area contributed by atoms with Crippen molar-refractivity contribution in [3.05, 3.63) is 39.9 Å². The summed E-state index contributed by atoms with van der Waals surface area (Å²) < 4.78 is 5.52. The summed E-state index contributed by atoms with van der Waals surface area (Å²) in [6.45, 7) is 10.5. The number of carbonyl (C=O) groups excluding carboxylic acids is 1. The van der Waals surface area contributed by atoms with Gasteiger partial charge in [0.25, 0.3) is 0 Å². The highest BCUT2D eigenvalue weighted by Crippen LogP contribution is 2.38. The number of hydrogen-bond acceptors (Lipinski definition) is 7. The van der Waals surface area contributed by atoms with E-state index < -0.39 is 5.60 Å². The van der Waals surface area contributed by atoms with Crippen molar-refractivity contribution in [2.75, 3.05) is 26.2 Å². The molecule has 30 heavy (non-hydrogen) atoms. The molecule has 0 aliphatic carbocycles. The number of allylic oxidation sites excluding steroid dienone is 2. The smallest absolute Gasteiger partial charge is 0.410 e. The van der Waals surface area contributed by atoms with Gasteiger partial charge >= 0.3 is 6.09 Å². The van der Waals surface area contributed by atoms with E-state index in [2.05, 4.69) is 29.3 Å². The molecule has 0 atom stereocenters. The highest BCUT2D eigenvalue weighted by Gasteiger charge is 2.34. The Bertz CT molecular complexity index is 916. The largest absolute Gasteiger partial charge is 0.444 e. The zero-order valence-electron chi connectivity index (χ0n) is 18.1. The third-order valence-electron chi connectivity index (χ3n) is 5.26. The number of thiophene rings is 1. The number of amides is 1. The first-order valence-electron chi connectivity index (χ1n) is 10.5. The van der Waals surface area contributed by atoms with Gasteiger partial charge in [-0.15, -0.1) is 11.3 Å². The molecule has 0 radical (unpaired) electrons. The number of fused-ring (bicyclic) bond motifs is 1. The van der Waals surface area contributed by atoms with Crippen molar-refractivity contribution < 1.29 is 9.53 Å². The van der Waals surface area contributed by atoms with Gasteiger partial charge in [-0.25, -0.2) is 14.8 Å². The van der Waals surface area contributed by atoms with Gasteiger partial charge in [-0.1, -0.05) is 13.0 Å². The van der Waals surface area contributed by atoms with Crippen molar-refractivity contribution in [3.8, 4) is 0 Å². The minimum absolute atomic E-state index is 0.252. The first kappa shape index (κ1) is 20.7. The monoisotopic (exact) mass is 427 g/mol. The van der Waals surface area contributed by atoms with Crippen LogP contribution in [-0.4, -0.2) is 64.9 Å². The molecule has 1 fully saturated rings. The van der Waals surface area contributed by atoms with Crippen molar-refractivity contribution in [2.45, 2.75) is 46.1 Å². The van der Waals surface area contributed by atoms with Crippen LogP contribution >= 0.6 is 11.3 Å². The lowest BCUT2D eigenvalue weighted by Gasteiger charge is -2.41. The van der Waals surface area contributed by atoms with Crippen LogP contribution in [0.25, 0.3) is 5.57 Å². The van der Waals surface area contributed by atoms with Gasteiger partial charge in [0.15, 0.2) is 0 Å². The SMILES string of the molecule is CCC1=C2C(c3cccs3)=CN=C(N3CCN(C(=O)OC(C)(C)C)CC3)N2N=CC1. The van der Waals surface area contributed by atoms with E-state index in [0.717, 1.165) is 30.1 Å². The lowest BCUT2D eigenvalue weighted by Crippen LogP contribution is -2.55. The third kappa shape index (κ3) is 4.14. The lowest BCUT2D eigenvalue weighted by atomic mass is 9.99. The van der Waals surface area contributed by atoms with Gasteiger partial charge in [-0.2, -0.15) is 5.10 Å². The summed E-state index contributed by atoms with van der Waals surface area (Å²) >= 11 is 1.72. The predicted molar refractivity (Wildman–Crippen MR) is 121 cm³/mol. The number of carbonyl (C=O) groups is 1. The van der Waals surface area contributed by atoms with Crippen LogP contribution in [0, 0.1) is 0 Å². The third-order valence-corrected chi connectivity index (χ3v) is 6.17. The van der Waals surface area contributed by atoms with Crippen molar-refractivity contribution >= 4 is 35.2 Å². The number of aliphatic imine (C=N–C) groups is 1. The number of ether oxygens (including phenoxy) is 1. The maximum absolute atomic E-state index is 12.4. The molecule has 0 saturated carbocycles. The second-order valence-electron chi connectivity index (χ2n) is 8.52. The Labute approximate surface area is 182 Å². The van der Waals surface area contributed by atoms with Gasteiger partial charge in [0, 0.05) is 55.5 Å². The normalized spacial score (nSPS) is 19.5. The maximum Gasteiger partial charge on any atom is 0.410 e. The van der Waals surface area contributed by atoms with Crippen molar-refractivity contribution in [3.63, 3.8) is 0 Å². The molecule has 4 heterocycles. The number of nitrogens with zero attached hydrogens (tertiary/aromatic N) is 5. The van der Waals surface area contributed by atoms with Crippen LogP contribution in [0.15, 0.2) is 45.1 Å². The number of hydrazone groups is 1. The van der Waals surface area contributed by atoms with E-state index >= 15 is 0 Å². The van der Waals surface area contributed by atoms with Crippen LogP contribution in [-0.2, 0) is 4.74 Å². The summed E-state index contributed by atoms with van der Waals surface area (Å²) in [7, 11) is 0. The van der Waals surface area contributed by atoms with E-state index in [1.807, 2.05) is 38.2 Å². The molecule has 4 rings (SSSR count). The summed E-state index contributed by atoms with van der Waals surface area (Å²) in [6, 6.07) is 4.20. The molecule has 1 saturated heterocycles. The molecule has 0 spiro atoms. The summed E-state index contributed by atoms with van der Waals surface area (Å²) in [5.41, 5.74) is 3.17. The van der Waals surface area contributed by atoms with Crippen molar-refractivity contribution in [2.24, 2.45) is 10.1 Å². The number of rotatable bonds is 2. The lowest BCUT2D eigenvalue weighted by molar-refractivity contribution is 0.0182. The minimum Gasteiger partial charge on any atom is -0.444 e. The number of guanidine groups is 1. The van der Waals surface area contributed by atoms with Gasteiger partial charge in [0.2, 0.25) is 5.96 Å². The molecule has 7 nitrogen and oxygen atoms in total. The number of piperazine rings is 1. The Morgan fingerprint density at radius 3 is 2.63 bits per heavy atom. The van der Waals surface area contributed by atoms with Crippen LogP contribution in [0.4, 0.5) is 4.79 Å². The molecule has 0 aromatic carbocycles. The summed E-state index contributed by atoms with van der Waals surface area (Å²) in [5.74, 6) is 0.830. The molecule has 1 aromatic rings. The Morgan fingerprint density at radius 1 is 1.23 bits per heavy atom. The van der Waals surface area contributed by atoms with E-state index in [4.69, 9.17) is 14.8 Å². The topological polar surface area (TPSA) is 60.7 Å². The standard InChI is InChI=1S/C22H29N5O2S/c1-5-16-8-9-24-27-19(16)17(18-7-6-14-30-18)15-23-20(27)25-10-12-26(13-11-25)21(28)29-22(2,3)4/h6-7,9,14-15H,5,8,10-13H2,1-4H3. The first-order chi connectivity index (χ1) is 14.4. The fourth-order valence-electron chi connectivity index (χ4n) is 3.79. The van der Waals surface area contributed by atoms with E-state index in [1.165, 1.54) is 10.5 Å². The second kappa shape index (κ2) is 8.26. The first-order valence-corrected chi connectivity index (χ1v) is 11.3. The Hall–Kier alpha value is -2.61. The molecule has 1 aromatic heterocycles. The molecular formula is C22H29N5O2S. The van der Waals surface area contributed by atoms with Crippen LogP contribution < -0.4 is 0 Å². The van der Waals surface area contributed by atoms with E-state index in [0.29, 0.717) is 26.2 Å². The quantitative estimate of drug-likeness (QED) is 0.703. The second-order valence-corrected chi connectivity index (χ2v) is 9.47. The van der Waals surface area contributed by atoms with Crippen molar-refractivity contribution in [1.82, 2.24) is 14.8 Å². The Balaban J connectivity index is 1.55. The highest BCUT2D eigenvalue weighted by atomic mass is 32.1. The van der Waals surface area contributed by atoms with Gasteiger partial charge in [-0.05, 0) is 44.2 Å². The molecule has 3 aliphatic rings. The number of hydrogen-bond donors (Lipinski definition) is 0. The van der Waals surface area contributed by atoms with E-state index in [1.54, 1.807) is 16.2 Å². The maximum atomic E-state index is 12.4. The molecule has 0 N–H and O–H groups in total. The van der Waals surface area contributed by atoms with Gasteiger partial charge in [0.05, 0.1) is 5.70 Å². The summed E-state index contributed by atoms with van der Waals surface area (Å²) in [6.07, 6.45) is 5.53. The zero-order chi connectivity index (χ0) is 21.3. The summed E-state index contributed by atoms with van der Waals surface area (Å²) in [5, 5.41) is 8.78. The average Bonchev–Trinajstić information content (AvgIpc) is 3.26. The van der Waals surface area contributed by atoms with E-state index in [9.17, 15) is 4.79 Å². The van der Waals surface area contributed by atoms with E-state index in [-0.39, 0.29) is 6.09 Å². The fraction of sp³-hybridized carbons (Fsp3) is 0.500. The Kier molecular flexibility index (Phi) is 5.69. The average molecular weight is 428 g/mol. The molecule has 1 amide bonds. The van der Waals surface area contributed by atoms with Crippen LogP contribution in [0.3, 0.4) is 0 Å². The molecule has 0 bridgehead atoms. The van der Waals surface area contributed by atoms with Crippen LogP contribution in [0.5, 0.6) is 0 Å². The summed E-state index contributed by atoms with van der Waals surface area (Å²) in [4.78, 5) is 22.4. The van der Waals surface area contributed by atoms with Crippen molar-refractivity contribution in [1.29, 1.82) is 0 Å². The van der Waals surface area contributed by atoms with Gasteiger partial charge < -0.3 is 14.5 Å². The molecule has 8 heteroatoms. The molecule has 3 aliphatic heterocycles. The zero-order valence-corrected chi connectivity index (χ0v) is 18.9. The fourth-order valence-corrected chi connectivity index (χ4v) is 4.52.